The molecule has 2 aromatic rings. The minimum absolute atomic E-state index is 0.0925. The van der Waals surface area contributed by atoms with Crippen LogP contribution in [0.25, 0.3) is 0 Å². The molecule has 2 N–H and O–H groups in total. The van der Waals surface area contributed by atoms with Crippen LogP contribution < -0.4 is 10.6 Å². The van der Waals surface area contributed by atoms with Crippen LogP contribution in [-0.4, -0.2) is 16.1 Å². The minimum Gasteiger partial charge on any atom is -0.339 e. The van der Waals surface area contributed by atoms with Crippen LogP contribution in [0.2, 0.25) is 0 Å². The lowest BCUT2D eigenvalue weighted by Crippen LogP contribution is -2.15. The number of carbonyl (C=O) groups is 1. The largest absolute Gasteiger partial charge is 0.339 e. The summed E-state index contributed by atoms with van der Waals surface area (Å²) in [5, 5.41) is 13.4. The number of hydrogen-bond donors (Lipinski definition) is 2. The van der Waals surface area contributed by atoms with E-state index in [4.69, 9.17) is 0 Å². The fraction of sp³-hybridized carbons (Fsp3) is 0.267. The molecule has 0 saturated carbocycles. The standard InChI is InChI=1S/C15H17FN4O/c1-10(2)8-15(21)18-14-7-6-13(19-20-14)17-12-5-3-4-11(16)9-12/h3-7,9-10H,8H2,1-2H3,(H,17,19)(H,18,20,21). The number of nitrogens with zero attached hydrogens (tertiary/aromatic N) is 2. The second-order valence-corrected chi connectivity index (χ2v) is 5.09. The molecular weight excluding hydrogens is 271 g/mol. The summed E-state index contributed by atoms with van der Waals surface area (Å²) in [7, 11) is 0. The Morgan fingerprint density at radius 3 is 2.52 bits per heavy atom. The van der Waals surface area contributed by atoms with Crippen molar-refractivity contribution in [2.45, 2.75) is 20.3 Å². The molecule has 0 aliphatic heterocycles. The molecule has 0 aliphatic rings. The zero-order chi connectivity index (χ0) is 15.2. The number of halogens is 1. The number of amides is 1. The Morgan fingerprint density at radius 2 is 1.90 bits per heavy atom. The van der Waals surface area contributed by atoms with Gasteiger partial charge >= 0.3 is 0 Å². The molecule has 0 aliphatic carbocycles. The van der Waals surface area contributed by atoms with Gasteiger partial charge in [-0.05, 0) is 36.2 Å². The molecule has 0 bridgehead atoms. The van der Waals surface area contributed by atoms with E-state index in [1.54, 1.807) is 24.3 Å². The molecule has 21 heavy (non-hydrogen) atoms. The predicted molar refractivity (Wildman–Crippen MR) is 79.8 cm³/mol. The molecule has 0 atom stereocenters. The van der Waals surface area contributed by atoms with Crippen LogP contribution in [0.4, 0.5) is 21.7 Å². The summed E-state index contributed by atoms with van der Waals surface area (Å²) in [4.78, 5) is 11.6. The van der Waals surface area contributed by atoms with E-state index in [2.05, 4.69) is 20.8 Å². The van der Waals surface area contributed by atoms with Gasteiger partial charge in [0.05, 0.1) is 0 Å². The van der Waals surface area contributed by atoms with Crippen molar-refractivity contribution in [2.75, 3.05) is 10.6 Å². The van der Waals surface area contributed by atoms with Gasteiger partial charge in [0.2, 0.25) is 5.91 Å². The number of benzene rings is 1. The SMILES string of the molecule is CC(C)CC(=O)Nc1ccc(Nc2cccc(F)c2)nn1. The fourth-order valence-electron chi connectivity index (χ4n) is 1.74. The normalized spacial score (nSPS) is 10.5. The Morgan fingerprint density at radius 1 is 1.19 bits per heavy atom. The van der Waals surface area contributed by atoms with Crippen LogP contribution in [0.5, 0.6) is 0 Å². The number of nitrogens with one attached hydrogen (secondary N) is 2. The van der Waals surface area contributed by atoms with Gasteiger partial charge in [-0.3, -0.25) is 4.79 Å². The molecule has 0 radical (unpaired) electrons. The lowest BCUT2D eigenvalue weighted by molar-refractivity contribution is -0.116. The van der Waals surface area contributed by atoms with Crippen LogP contribution in [0.3, 0.4) is 0 Å². The van der Waals surface area contributed by atoms with E-state index in [9.17, 15) is 9.18 Å². The molecule has 0 unspecified atom stereocenters. The van der Waals surface area contributed by atoms with Crippen molar-refractivity contribution in [3.05, 3.63) is 42.2 Å². The van der Waals surface area contributed by atoms with Gasteiger partial charge in [0.25, 0.3) is 0 Å². The quantitative estimate of drug-likeness (QED) is 0.885. The van der Waals surface area contributed by atoms with Crippen molar-refractivity contribution in [3.8, 4) is 0 Å². The second-order valence-electron chi connectivity index (χ2n) is 5.09. The predicted octanol–water partition coefficient (Wildman–Crippen LogP) is 3.34. The van der Waals surface area contributed by atoms with E-state index in [-0.39, 0.29) is 17.6 Å². The molecule has 1 heterocycles. The first-order chi connectivity index (χ1) is 10.0. The van der Waals surface area contributed by atoms with E-state index in [0.717, 1.165) is 0 Å². The molecule has 1 aromatic carbocycles. The maximum absolute atomic E-state index is 13.1. The van der Waals surface area contributed by atoms with Crippen molar-refractivity contribution >= 4 is 23.2 Å². The minimum atomic E-state index is -0.328. The first kappa shape index (κ1) is 14.9. The summed E-state index contributed by atoms with van der Waals surface area (Å²) in [6.07, 6.45) is 0.435. The Bertz CT molecular complexity index is 613. The Hall–Kier alpha value is -2.50. The maximum Gasteiger partial charge on any atom is 0.225 e. The van der Waals surface area contributed by atoms with Crippen LogP contribution in [0.1, 0.15) is 20.3 Å². The number of rotatable bonds is 5. The summed E-state index contributed by atoms with van der Waals surface area (Å²) in [6, 6.07) is 9.37. The van der Waals surface area contributed by atoms with Crippen LogP contribution >= 0.6 is 0 Å². The lowest BCUT2D eigenvalue weighted by atomic mass is 10.1. The molecule has 6 heteroatoms. The van der Waals surface area contributed by atoms with Crippen molar-refractivity contribution in [1.82, 2.24) is 10.2 Å². The van der Waals surface area contributed by atoms with Gasteiger partial charge in [-0.2, -0.15) is 0 Å². The average molecular weight is 288 g/mol. The van der Waals surface area contributed by atoms with Gasteiger partial charge in [0.1, 0.15) is 5.82 Å². The van der Waals surface area contributed by atoms with Gasteiger partial charge in [-0.15, -0.1) is 10.2 Å². The van der Waals surface area contributed by atoms with Crippen molar-refractivity contribution < 1.29 is 9.18 Å². The summed E-state index contributed by atoms with van der Waals surface area (Å²) in [5.41, 5.74) is 0.584. The molecule has 0 saturated heterocycles. The van der Waals surface area contributed by atoms with Gasteiger partial charge in [-0.1, -0.05) is 19.9 Å². The molecule has 110 valence electrons. The molecule has 2 rings (SSSR count). The summed E-state index contributed by atoms with van der Waals surface area (Å²) >= 11 is 0. The van der Waals surface area contributed by atoms with Gasteiger partial charge in [-0.25, -0.2) is 4.39 Å². The van der Waals surface area contributed by atoms with Gasteiger partial charge in [0.15, 0.2) is 11.6 Å². The molecular formula is C15H17FN4O. The summed E-state index contributed by atoms with van der Waals surface area (Å²) in [5.74, 6) is 0.732. The third kappa shape index (κ3) is 4.83. The second kappa shape index (κ2) is 6.78. The zero-order valence-corrected chi connectivity index (χ0v) is 11.9. The van der Waals surface area contributed by atoms with E-state index >= 15 is 0 Å². The molecule has 0 fully saturated rings. The summed E-state index contributed by atoms with van der Waals surface area (Å²) < 4.78 is 13.1. The van der Waals surface area contributed by atoms with Crippen LogP contribution in [-0.2, 0) is 4.79 Å². The van der Waals surface area contributed by atoms with E-state index in [0.29, 0.717) is 23.7 Å². The highest BCUT2D eigenvalue weighted by atomic mass is 19.1. The third-order valence-electron chi connectivity index (χ3n) is 2.62. The van der Waals surface area contributed by atoms with Crippen molar-refractivity contribution in [1.29, 1.82) is 0 Å². The number of carbonyl (C=O) groups excluding carboxylic acids is 1. The third-order valence-corrected chi connectivity index (χ3v) is 2.62. The highest BCUT2D eigenvalue weighted by Gasteiger charge is 2.06. The summed E-state index contributed by atoms with van der Waals surface area (Å²) in [6.45, 7) is 3.94. The smallest absolute Gasteiger partial charge is 0.225 e. The number of hydrogen-bond acceptors (Lipinski definition) is 4. The van der Waals surface area contributed by atoms with E-state index in [1.807, 2.05) is 13.8 Å². The van der Waals surface area contributed by atoms with Crippen molar-refractivity contribution in [2.24, 2.45) is 5.92 Å². The fourth-order valence-corrected chi connectivity index (χ4v) is 1.74. The highest BCUT2D eigenvalue weighted by molar-refractivity contribution is 5.89. The zero-order valence-electron chi connectivity index (χ0n) is 11.9. The Balaban J connectivity index is 1.97. The molecule has 1 amide bonds. The number of aromatic nitrogens is 2. The first-order valence-electron chi connectivity index (χ1n) is 6.69. The lowest BCUT2D eigenvalue weighted by Gasteiger charge is -2.07. The molecule has 1 aromatic heterocycles. The Kier molecular flexibility index (Phi) is 4.81. The van der Waals surface area contributed by atoms with Crippen LogP contribution in [0.15, 0.2) is 36.4 Å². The molecule has 0 spiro atoms. The monoisotopic (exact) mass is 288 g/mol. The molecule has 5 nitrogen and oxygen atoms in total. The van der Waals surface area contributed by atoms with Crippen molar-refractivity contribution in [3.63, 3.8) is 0 Å². The van der Waals surface area contributed by atoms with Crippen LogP contribution in [0, 0.1) is 11.7 Å². The number of anilines is 3. The van der Waals surface area contributed by atoms with E-state index in [1.165, 1.54) is 12.1 Å². The average Bonchev–Trinajstić information content (AvgIpc) is 2.40. The Labute approximate surface area is 122 Å². The van der Waals surface area contributed by atoms with Gasteiger partial charge in [0, 0.05) is 12.1 Å². The van der Waals surface area contributed by atoms with E-state index < -0.39 is 0 Å². The first-order valence-corrected chi connectivity index (χ1v) is 6.69. The highest BCUT2D eigenvalue weighted by Crippen LogP contribution is 2.15. The van der Waals surface area contributed by atoms with Gasteiger partial charge < -0.3 is 10.6 Å². The topological polar surface area (TPSA) is 66.9 Å². The maximum atomic E-state index is 13.1.